The lowest BCUT2D eigenvalue weighted by Gasteiger charge is -2.23. The van der Waals surface area contributed by atoms with E-state index in [0.29, 0.717) is 18.8 Å². The van der Waals surface area contributed by atoms with Crippen LogP contribution >= 0.6 is 0 Å². The van der Waals surface area contributed by atoms with E-state index in [9.17, 15) is 36.9 Å². The Morgan fingerprint density at radius 3 is 2.09 bits per heavy atom. The third-order valence-electron chi connectivity index (χ3n) is 5.09. The fourth-order valence-corrected chi connectivity index (χ4v) is 3.39. The highest BCUT2D eigenvalue weighted by molar-refractivity contribution is 6.32. The molecule has 7 nitrogen and oxygen atoms in total. The Hall–Kier alpha value is -3.83. The van der Waals surface area contributed by atoms with Gasteiger partial charge in [0, 0.05) is 36.5 Å². The number of halogens is 5. The zero-order chi connectivity index (χ0) is 24.6. The standard InChI is InChI=1S/C21H17F5N4O3/c1-4-28(5-2)14-7-6-12(30(32)33)8-11(14)9-13-10(3)27-29(21(13)31)20-18(25)16(23)15(22)17(24)19(20)26/h6-9H,4-5H2,1-3H3/b13-9+. The van der Waals surface area contributed by atoms with Crippen molar-refractivity contribution in [3.63, 3.8) is 0 Å². The van der Waals surface area contributed by atoms with Crippen molar-refractivity contribution in [1.82, 2.24) is 0 Å². The molecular weight excluding hydrogens is 451 g/mol. The quantitative estimate of drug-likeness (QED) is 0.150. The van der Waals surface area contributed by atoms with Crippen LogP contribution in [-0.2, 0) is 4.79 Å². The summed E-state index contributed by atoms with van der Waals surface area (Å²) in [6.07, 6.45) is 1.23. The van der Waals surface area contributed by atoms with Crippen molar-refractivity contribution in [3.05, 3.63) is 68.5 Å². The molecule has 3 rings (SSSR count). The van der Waals surface area contributed by atoms with Crippen LogP contribution < -0.4 is 9.91 Å². The van der Waals surface area contributed by atoms with Gasteiger partial charge in [0.05, 0.1) is 16.2 Å². The normalized spacial score (nSPS) is 14.8. The molecule has 0 saturated carbocycles. The van der Waals surface area contributed by atoms with Gasteiger partial charge < -0.3 is 4.90 Å². The van der Waals surface area contributed by atoms with Gasteiger partial charge in [0.1, 0.15) is 5.69 Å². The molecule has 2 aromatic carbocycles. The van der Waals surface area contributed by atoms with Crippen molar-refractivity contribution >= 4 is 34.8 Å². The van der Waals surface area contributed by atoms with E-state index in [1.807, 2.05) is 18.7 Å². The Bertz CT molecular complexity index is 1200. The van der Waals surface area contributed by atoms with Gasteiger partial charge in [-0.15, -0.1) is 0 Å². The highest BCUT2D eigenvalue weighted by Crippen LogP contribution is 2.35. The van der Waals surface area contributed by atoms with Gasteiger partial charge in [-0.25, -0.2) is 22.0 Å². The number of anilines is 2. The van der Waals surface area contributed by atoms with Crippen molar-refractivity contribution in [2.24, 2.45) is 5.10 Å². The molecule has 1 aliphatic heterocycles. The number of nitro benzene ring substituents is 1. The Labute approximate surface area is 184 Å². The van der Waals surface area contributed by atoms with Crippen LogP contribution in [0, 0.1) is 39.2 Å². The molecule has 0 fully saturated rings. The maximum absolute atomic E-state index is 14.2. The summed E-state index contributed by atoms with van der Waals surface area (Å²) < 4.78 is 69.1. The first-order valence-electron chi connectivity index (χ1n) is 9.69. The first-order valence-corrected chi connectivity index (χ1v) is 9.69. The lowest BCUT2D eigenvalue weighted by atomic mass is 10.0. The number of non-ortho nitro benzene ring substituents is 1. The summed E-state index contributed by atoms with van der Waals surface area (Å²) in [6, 6.07) is 3.99. The Morgan fingerprint density at radius 1 is 1.03 bits per heavy atom. The highest BCUT2D eigenvalue weighted by atomic mass is 19.2. The molecule has 1 aliphatic rings. The molecule has 1 heterocycles. The average molecular weight is 468 g/mol. The first-order chi connectivity index (χ1) is 15.5. The number of hydrogen-bond acceptors (Lipinski definition) is 5. The summed E-state index contributed by atoms with van der Waals surface area (Å²) in [6.45, 7) is 6.05. The molecule has 174 valence electrons. The molecule has 0 saturated heterocycles. The van der Waals surface area contributed by atoms with Crippen LogP contribution in [0.3, 0.4) is 0 Å². The van der Waals surface area contributed by atoms with Gasteiger partial charge in [-0.05, 0) is 32.9 Å². The number of carbonyl (C=O) groups excluding carboxylic acids is 1. The largest absolute Gasteiger partial charge is 0.372 e. The monoisotopic (exact) mass is 468 g/mol. The van der Waals surface area contributed by atoms with Crippen LogP contribution in [0.25, 0.3) is 6.08 Å². The van der Waals surface area contributed by atoms with Crippen molar-refractivity contribution in [2.75, 3.05) is 23.0 Å². The zero-order valence-corrected chi connectivity index (χ0v) is 17.6. The van der Waals surface area contributed by atoms with Gasteiger partial charge in [-0.1, -0.05) is 0 Å². The molecule has 12 heteroatoms. The van der Waals surface area contributed by atoms with E-state index in [0.717, 1.165) is 0 Å². The minimum atomic E-state index is -2.36. The predicted molar refractivity (Wildman–Crippen MR) is 111 cm³/mol. The van der Waals surface area contributed by atoms with Crippen LogP contribution in [0.4, 0.5) is 39.0 Å². The SMILES string of the molecule is CCN(CC)c1ccc([N+](=O)[O-])cc1/C=C1/C(=O)N(c2c(F)c(F)c(F)c(F)c2F)N=C1C. The van der Waals surface area contributed by atoms with Crippen LogP contribution in [0.2, 0.25) is 0 Å². The smallest absolute Gasteiger partial charge is 0.280 e. The van der Waals surface area contributed by atoms with Crippen LogP contribution in [0.5, 0.6) is 0 Å². The van der Waals surface area contributed by atoms with Crippen molar-refractivity contribution in [3.8, 4) is 0 Å². The lowest BCUT2D eigenvalue weighted by molar-refractivity contribution is -0.384. The minimum Gasteiger partial charge on any atom is -0.372 e. The van der Waals surface area contributed by atoms with E-state index in [4.69, 9.17) is 0 Å². The predicted octanol–water partition coefficient (Wildman–Crippen LogP) is 4.94. The first kappa shape index (κ1) is 23.8. The van der Waals surface area contributed by atoms with Crippen molar-refractivity contribution < 1.29 is 31.7 Å². The molecule has 0 spiro atoms. The second-order valence-corrected chi connectivity index (χ2v) is 6.95. The average Bonchev–Trinajstić information content (AvgIpc) is 3.06. The maximum Gasteiger partial charge on any atom is 0.280 e. The van der Waals surface area contributed by atoms with E-state index >= 15 is 0 Å². The summed E-state index contributed by atoms with van der Waals surface area (Å²) in [5, 5.41) is 15.0. The van der Waals surface area contributed by atoms with E-state index < -0.39 is 45.6 Å². The minimum absolute atomic E-state index is 0.0825. The van der Waals surface area contributed by atoms with Crippen molar-refractivity contribution in [1.29, 1.82) is 0 Å². The summed E-state index contributed by atoms with van der Waals surface area (Å²) >= 11 is 0. The third kappa shape index (κ3) is 4.03. The molecule has 0 bridgehead atoms. The summed E-state index contributed by atoms with van der Waals surface area (Å²) in [5.74, 6) is -12.4. The van der Waals surface area contributed by atoms with Gasteiger partial charge in [0.2, 0.25) is 5.82 Å². The number of hydrazone groups is 1. The highest BCUT2D eigenvalue weighted by Gasteiger charge is 2.37. The summed E-state index contributed by atoms with van der Waals surface area (Å²) in [5.41, 5.74) is -1.32. The van der Waals surface area contributed by atoms with Crippen LogP contribution in [-0.4, -0.2) is 29.6 Å². The van der Waals surface area contributed by atoms with Gasteiger partial charge in [0.25, 0.3) is 11.6 Å². The summed E-state index contributed by atoms with van der Waals surface area (Å²) in [4.78, 5) is 25.3. The van der Waals surface area contributed by atoms with Gasteiger partial charge in [-0.2, -0.15) is 10.1 Å². The van der Waals surface area contributed by atoms with Crippen molar-refractivity contribution in [2.45, 2.75) is 20.8 Å². The van der Waals surface area contributed by atoms with Gasteiger partial charge in [-0.3, -0.25) is 14.9 Å². The Kier molecular flexibility index (Phi) is 6.47. The fourth-order valence-electron chi connectivity index (χ4n) is 3.39. The van der Waals surface area contributed by atoms with E-state index in [-0.39, 0.29) is 27.5 Å². The zero-order valence-electron chi connectivity index (χ0n) is 17.6. The molecule has 0 aromatic heterocycles. The number of benzene rings is 2. The molecule has 0 aliphatic carbocycles. The molecular formula is C21H17F5N4O3. The number of hydrogen-bond donors (Lipinski definition) is 0. The Morgan fingerprint density at radius 2 is 1.58 bits per heavy atom. The van der Waals surface area contributed by atoms with E-state index in [1.54, 1.807) is 0 Å². The second-order valence-electron chi connectivity index (χ2n) is 6.95. The number of nitro groups is 1. The van der Waals surface area contributed by atoms with Crippen LogP contribution in [0.1, 0.15) is 26.3 Å². The number of amides is 1. The van der Waals surface area contributed by atoms with E-state index in [2.05, 4.69) is 5.10 Å². The Balaban J connectivity index is 2.16. The molecule has 2 aromatic rings. The maximum atomic E-state index is 14.2. The molecule has 33 heavy (non-hydrogen) atoms. The second kappa shape index (κ2) is 8.96. The molecule has 0 radical (unpaired) electrons. The van der Waals surface area contributed by atoms with Gasteiger partial charge in [0.15, 0.2) is 23.3 Å². The molecule has 0 unspecified atom stereocenters. The number of rotatable bonds is 6. The lowest BCUT2D eigenvalue weighted by Crippen LogP contribution is -2.25. The topological polar surface area (TPSA) is 79.0 Å². The van der Waals surface area contributed by atoms with Crippen LogP contribution in [0.15, 0.2) is 28.9 Å². The molecule has 0 N–H and O–H groups in total. The molecule has 0 atom stereocenters. The number of carbonyl (C=O) groups is 1. The molecule has 1 amide bonds. The number of nitrogens with zero attached hydrogens (tertiary/aromatic N) is 4. The third-order valence-corrected chi connectivity index (χ3v) is 5.09. The van der Waals surface area contributed by atoms with Gasteiger partial charge >= 0.3 is 0 Å². The fraction of sp³-hybridized carbons (Fsp3) is 0.238. The summed E-state index contributed by atoms with van der Waals surface area (Å²) in [7, 11) is 0. The van der Waals surface area contributed by atoms with E-state index in [1.165, 1.54) is 31.2 Å².